The van der Waals surface area contributed by atoms with Gasteiger partial charge in [-0.25, -0.2) is 4.98 Å². The summed E-state index contributed by atoms with van der Waals surface area (Å²) in [6.45, 7) is 4.05. The predicted octanol–water partition coefficient (Wildman–Crippen LogP) is 3.54. The lowest BCUT2D eigenvalue weighted by Gasteiger charge is -2.12. The number of carbonyl (C=O) groups excluding carboxylic acids is 2. The van der Waals surface area contributed by atoms with Gasteiger partial charge in [0.1, 0.15) is 18.1 Å². The second kappa shape index (κ2) is 10.9. The maximum atomic E-state index is 12.3. The summed E-state index contributed by atoms with van der Waals surface area (Å²) in [5.74, 6) is 0.686. The molecule has 0 aliphatic heterocycles. The van der Waals surface area contributed by atoms with E-state index in [4.69, 9.17) is 9.15 Å². The lowest BCUT2D eigenvalue weighted by molar-refractivity contribution is -0.126. The highest BCUT2D eigenvalue weighted by Gasteiger charge is 2.14. The number of rotatable bonds is 9. The summed E-state index contributed by atoms with van der Waals surface area (Å²) in [6.07, 6.45) is 5.19. The number of amides is 2. The average Bonchev–Trinajstić information content (AvgIpc) is 3.27. The monoisotopic (exact) mass is 433 g/mol. The fourth-order valence-corrected chi connectivity index (χ4v) is 2.93. The molecule has 166 valence electrons. The summed E-state index contributed by atoms with van der Waals surface area (Å²) >= 11 is 0. The maximum absolute atomic E-state index is 12.3. The number of oxazole rings is 1. The molecule has 0 saturated carbocycles. The van der Waals surface area contributed by atoms with Crippen LogP contribution in [0.5, 0.6) is 5.75 Å². The van der Waals surface area contributed by atoms with E-state index in [1.807, 2.05) is 55.5 Å². The van der Waals surface area contributed by atoms with E-state index in [2.05, 4.69) is 15.6 Å². The van der Waals surface area contributed by atoms with Gasteiger partial charge in [0.15, 0.2) is 0 Å². The van der Waals surface area contributed by atoms with Gasteiger partial charge in [0.2, 0.25) is 17.7 Å². The van der Waals surface area contributed by atoms with Gasteiger partial charge in [-0.1, -0.05) is 29.8 Å². The van der Waals surface area contributed by atoms with Gasteiger partial charge in [0.25, 0.3) is 0 Å². The van der Waals surface area contributed by atoms with Crippen molar-refractivity contribution in [2.45, 2.75) is 26.3 Å². The second-order valence-corrected chi connectivity index (χ2v) is 7.39. The molecule has 1 aromatic heterocycles. The zero-order valence-electron chi connectivity index (χ0n) is 18.4. The molecule has 3 rings (SSSR count). The smallest absolute Gasteiger partial charge is 0.244 e. The quantitative estimate of drug-likeness (QED) is 0.504. The van der Waals surface area contributed by atoms with Crippen LogP contribution in [0.3, 0.4) is 0 Å². The topological polar surface area (TPSA) is 93.5 Å². The Morgan fingerprint density at radius 3 is 2.53 bits per heavy atom. The first-order valence-electron chi connectivity index (χ1n) is 10.4. The van der Waals surface area contributed by atoms with Gasteiger partial charge in [-0.05, 0) is 49.8 Å². The molecule has 0 radical (unpaired) electrons. The van der Waals surface area contributed by atoms with E-state index in [1.165, 1.54) is 11.6 Å². The number of benzene rings is 2. The van der Waals surface area contributed by atoms with Crippen molar-refractivity contribution in [1.29, 1.82) is 0 Å². The van der Waals surface area contributed by atoms with Crippen LogP contribution in [0.15, 0.2) is 65.3 Å². The van der Waals surface area contributed by atoms with Crippen LogP contribution in [0.4, 0.5) is 0 Å². The largest absolute Gasteiger partial charge is 0.497 e. The summed E-state index contributed by atoms with van der Waals surface area (Å²) in [7, 11) is 1.60. The Morgan fingerprint density at radius 1 is 1.12 bits per heavy atom. The van der Waals surface area contributed by atoms with E-state index < -0.39 is 6.04 Å². The van der Waals surface area contributed by atoms with E-state index in [-0.39, 0.29) is 11.8 Å². The van der Waals surface area contributed by atoms with Crippen LogP contribution >= 0.6 is 0 Å². The Kier molecular flexibility index (Phi) is 7.80. The van der Waals surface area contributed by atoms with Crippen LogP contribution in [-0.2, 0) is 16.0 Å². The SMILES string of the molecule is COc1ccc(/C=C/C(=O)NC(C)C(=O)NCCc2coc(-c3ccc(C)cc3)n2)cc1. The van der Waals surface area contributed by atoms with Crippen molar-refractivity contribution in [2.75, 3.05) is 13.7 Å². The van der Waals surface area contributed by atoms with Crippen LogP contribution in [-0.4, -0.2) is 36.5 Å². The minimum absolute atomic E-state index is 0.265. The lowest BCUT2D eigenvalue weighted by Crippen LogP contribution is -2.44. The molecule has 1 unspecified atom stereocenters. The van der Waals surface area contributed by atoms with Gasteiger partial charge in [0.05, 0.1) is 12.8 Å². The Hall–Kier alpha value is -3.87. The van der Waals surface area contributed by atoms with Crippen molar-refractivity contribution < 1.29 is 18.7 Å². The van der Waals surface area contributed by atoms with Gasteiger partial charge < -0.3 is 19.8 Å². The molecule has 3 aromatic rings. The lowest BCUT2D eigenvalue weighted by atomic mass is 10.1. The second-order valence-electron chi connectivity index (χ2n) is 7.39. The van der Waals surface area contributed by atoms with Crippen LogP contribution < -0.4 is 15.4 Å². The summed E-state index contributed by atoms with van der Waals surface area (Å²) in [6, 6.07) is 14.6. The first-order chi connectivity index (χ1) is 15.4. The van der Waals surface area contributed by atoms with Crippen molar-refractivity contribution in [3.05, 3.63) is 77.7 Å². The zero-order chi connectivity index (χ0) is 22.9. The molecule has 0 fully saturated rings. The van der Waals surface area contributed by atoms with Crippen LogP contribution in [0.2, 0.25) is 0 Å². The molecule has 0 aliphatic carbocycles. The van der Waals surface area contributed by atoms with Crippen molar-refractivity contribution in [3.8, 4) is 17.2 Å². The van der Waals surface area contributed by atoms with Gasteiger partial charge in [-0.2, -0.15) is 0 Å². The Balaban J connectivity index is 1.42. The summed E-state index contributed by atoms with van der Waals surface area (Å²) in [5.41, 5.74) is 3.68. The molecule has 0 saturated heterocycles. The molecule has 2 aromatic carbocycles. The fraction of sp³-hybridized carbons (Fsp3) is 0.240. The third-order valence-electron chi connectivity index (χ3n) is 4.83. The van der Waals surface area contributed by atoms with Gasteiger partial charge in [0, 0.05) is 24.6 Å². The van der Waals surface area contributed by atoms with Gasteiger partial charge in [-0.15, -0.1) is 0 Å². The van der Waals surface area contributed by atoms with Gasteiger partial charge in [-0.3, -0.25) is 9.59 Å². The molecule has 2 amide bonds. The number of hydrogen-bond acceptors (Lipinski definition) is 5. The van der Waals surface area contributed by atoms with Crippen molar-refractivity contribution in [2.24, 2.45) is 0 Å². The molecule has 32 heavy (non-hydrogen) atoms. The van der Waals surface area contributed by atoms with Crippen LogP contribution in [0.25, 0.3) is 17.5 Å². The average molecular weight is 434 g/mol. The number of nitrogens with zero attached hydrogens (tertiary/aromatic N) is 1. The number of aromatic nitrogens is 1. The summed E-state index contributed by atoms with van der Waals surface area (Å²) in [5, 5.41) is 5.46. The first-order valence-corrected chi connectivity index (χ1v) is 10.4. The minimum Gasteiger partial charge on any atom is -0.497 e. The number of hydrogen-bond donors (Lipinski definition) is 2. The van der Waals surface area contributed by atoms with Crippen molar-refractivity contribution in [3.63, 3.8) is 0 Å². The molecule has 0 aliphatic rings. The molecule has 7 nitrogen and oxygen atoms in total. The third-order valence-corrected chi connectivity index (χ3v) is 4.83. The van der Waals surface area contributed by atoms with Crippen molar-refractivity contribution >= 4 is 17.9 Å². The number of methoxy groups -OCH3 is 1. The molecule has 0 bridgehead atoms. The van der Waals surface area contributed by atoms with Crippen molar-refractivity contribution in [1.82, 2.24) is 15.6 Å². The Morgan fingerprint density at radius 2 is 1.84 bits per heavy atom. The Bertz CT molecular complexity index is 1070. The number of nitrogens with one attached hydrogen (secondary N) is 2. The van der Waals surface area contributed by atoms with E-state index >= 15 is 0 Å². The van der Waals surface area contributed by atoms with Gasteiger partial charge >= 0.3 is 0 Å². The fourth-order valence-electron chi connectivity index (χ4n) is 2.93. The molecule has 2 N–H and O–H groups in total. The van der Waals surface area contributed by atoms with E-state index in [0.717, 1.165) is 22.6 Å². The normalized spacial score (nSPS) is 11.8. The maximum Gasteiger partial charge on any atom is 0.244 e. The molecule has 7 heteroatoms. The number of carbonyl (C=O) groups is 2. The number of ether oxygens (including phenoxy) is 1. The highest BCUT2D eigenvalue weighted by Crippen LogP contribution is 2.19. The molecular formula is C25H27N3O4. The van der Waals surface area contributed by atoms with Crippen LogP contribution in [0.1, 0.15) is 23.7 Å². The molecular weight excluding hydrogens is 406 g/mol. The zero-order valence-corrected chi connectivity index (χ0v) is 18.4. The summed E-state index contributed by atoms with van der Waals surface area (Å²) < 4.78 is 10.6. The molecule has 1 atom stereocenters. The third kappa shape index (κ3) is 6.57. The standard InChI is InChI=1S/C25H27N3O4/c1-17-4-9-20(10-5-17)25-28-21(16-32-25)14-15-26-24(30)18(2)27-23(29)13-8-19-6-11-22(31-3)12-7-19/h4-13,16,18H,14-15H2,1-3H3,(H,26,30)(H,27,29)/b13-8+. The van der Waals surface area contributed by atoms with E-state index in [1.54, 1.807) is 26.4 Å². The minimum atomic E-state index is -0.663. The summed E-state index contributed by atoms with van der Waals surface area (Å²) in [4.78, 5) is 28.8. The van der Waals surface area contributed by atoms with E-state index in [9.17, 15) is 9.59 Å². The highest BCUT2D eigenvalue weighted by atomic mass is 16.5. The first kappa shape index (κ1) is 22.8. The van der Waals surface area contributed by atoms with E-state index in [0.29, 0.717) is 18.9 Å². The highest BCUT2D eigenvalue weighted by molar-refractivity contribution is 5.95. The molecule has 1 heterocycles. The number of aryl methyl sites for hydroxylation is 1. The predicted molar refractivity (Wildman–Crippen MR) is 123 cm³/mol. The molecule has 0 spiro atoms. The Labute approximate surface area is 187 Å². The van der Waals surface area contributed by atoms with Crippen LogP contribution in [0, 0.1) is 6.92 Å².